The van der Waals surface area contributed by atoms with Crippen molar-refractivity contribution in [2.75, 3.05) is 5.75 Å². The van der Waals surface area contributed by atoms with Gasteiger partial charge in [0.15, 0.2) is 0 Å². The molecular weight excluding hydrogens is 487 g/mol. The Morgan fingerprint density at radius 3 is 2.31 bits per heavy atom. The topological polar surface area (TPSA) is 49.4 Å². The van der Waals surface area contributed by atoms with Crippen LogP contribution in [-0.4, -0.2) is 34.0 Å². The van der Waals surface area contributed by atoms with Crippen LogP contribution in [0, 0.1) is 0 Å². The van der Waals surface area contributed by atoms with Gasteiger partial charge in [0.2, 0.25) is 11.8 Å². The molecule has 8 heteroatoms. The molecule has 174 valence electrons. The summed E-state index contributed by atoms with van der Waals surface area (Å²) in [5, 5.41) is 4.71. The van der Waals surface area contributed by atoms with E-state index < -0.39 is 11.6 Å². The number of thioether (sulfide) groups is 1. The average molecular weight is 516 g/mol. The van der Waals surface area contributed by atoms with Crippen molar-refractivity contribution in [1.29, 1.82) is 0 Å². The Balaban J connectivity index is 2.19. The van der Waals surface area contributed by atoms with Gasteiger partial charge in [0, 0.05) is 32.9 Å². The van der Waals surface area contributed by atoms with Crippen molar-refractivity contribution in [3.8, 4) is 0 Å². The van der Waals surface area contributed by atoms with Gasteiger partial charge in [-0.05, 0) is 56.5 Å². The SMILES string of the molecule is CC[C@H](C(=O)NC(C)(C)C)N(Cc1ccccc1Cl)C(=O)CSCc1ccc(Cl)cc1Cl. The van der Waals surface area contributed by atoms with E-state index in [9.17, 15) is 9.59 Å². The first-order valence-electron chi connectivity index (χ1n) is 10.4. The molecule has 2 aromatic carbocycles. The zero-order valence-corrected chi connectivity index (χ0v) is 21.8. The first-order chi connectivity index (χ1) is 15.0. The van der Waals surface area contributed by atoms with Gasteiger partial charge >= 0.3 is 0 Å². The second kappa shape index (κ2) is 12.2. The molecule has 0 spiro atoms. The van der Waals surface area contributed by atoms with Crippen molar-refractivity contribution in [3.05, 3.63) is 68.7 Å². The highest BCUT2D eigenvalue weighted by Gasteiger charge is 2.30. The Hall–Kier alpha value is -1.40. The maximum atomic E-state index is 13.3. The minimum Gasteiger partial charge on any atom is -0.350 e. The van der Waals surface area contributed by atoms with Gasteiger partial charge in [-0.2, -0.15) is 0 Å². The molecule has 1 N–H and O–H groups in total. The van der Waals surface area contributed by atoms with E-state index in [-0.39, 0.29) is 24.1 Å². The summed E-state index contributed by atoms with van der Waals surface area (Å²) < 4.78 is 0. The molecule has 32 heavy (non-hydrogen) atoms. The third-order valence-electron chi connectivity index (χ3n) is 4.68. The molecule has 2 rings (SSSR count). The van der Waals surface area contributed by atoms with Gasteiger partial charge in [-0.1, -0.05) is 66.0 Å². The largest absolute Gasteiger partial charge is 0.350 e. The second-order valence-electron chi connectivity index (χ2n) is 8.50. The number of carbonyl (C=O) groups excluding carboxylic acids is 2. The van der Waals surface area contributed by atoms with Crippen LogP contribution in [0.4, 0.5) is 0 Å². The molecule has 2 amide bonds. The molecule has 0 radical (unpaired) electrons. The zero-order chi connectivity index (χ0) is 23.9. The number of hydrogen-bond donors (Lipinski definition) is 1. The molecule has 0 saturated carbocycles. The summed E-state index contributed by atoms with van der Waals surface area (Å²) in [4.78, 5) is 27.9. The van der Waals surface area contributed by atoms with Gasteiger partial charge < -0.3 is 10.2 Å². The summed E-state index contributed by atoms with van der Waals surface area (Å²) in [6.07, 6.45) is 0.492. The van der Waals surface area contributed by atoms with E-state index in [0.29, 0.717) is 27.2 Å². The average Bonchev–Trinajstić information content (AvgIpc) is 2.69. The van der Waals surface area contributed by atoms with E-state index in [1.54, 1.807) is 23.1 Å². The highest BCUT2D eigenvalue weighted by molar-refractivity contribution is 7.99. The molecular formula is C24H29Cl3N2O2S. The highest BCUT2D eigenvalue weighted by Crippen LogP contribution is 2.26. The summed E-state index contributed by atoms with van der Waals surface area (Å²) in [5.74, 6) is 0.470. The summed E-state index contributed by atoms with van der Waals surface area (Å²) >= 11 is 20.0. The van der Waals surface area contributed by atoms with Crippen LogP contribution in [0.3, 0.4) is 0 Å². The second-order valence-corrected chi connectivity index (χ2v) is 10.7. The Labute approximate surface area is 210 Å². The Morgan fingerprint density at radius 2 is 1.72 bits per heavy atom. The van der Waals surface area contributed by atoms with Gasteiger partial charge in [0.05, 0.1) is 5.75 Å². The van der Waals surface area contributed by atoms with E-state index in [0.717, 1.165) is 11.1 Å². The lowest BCUT2D eigenvalue weighted by Crippen LogP contribution is -2.53. The minimum atomic E-state index is -0.599. The number of benzene rings is 2. The fourth-order valence-corrected chi connectivity index (χ4v) is 4.82. The van der Waals surface area contributed by atoms with Gasteiger partial charge in [0.25, 0.3) is 0 Å². The number of halogens is 3. The van der Waals surface area contributed by atoms with E-state index in [1.807, 2.05) is 52.0 Å². The van der Waals surface area contributed by atoms with E-state index in [1.165, 1.54) is 11.8 Å². The lowest BCUT2D eigenvalue weighted by molar-refractivity contribution is -0.140. The number of amides is 2. The van der Waals surface area contributed by atoms with Crippen molar-refractivity contribution in [2.24, 2.45) is 0 Å². The van der Waals surface area contributed by atoms with Crippen molar-refractivity contribution >= 4 is 58.4 Å². The fraction of sp³-hybridized carbons (Fsp3) is 0.417. The van der Waals surface area contributed by atoms with Crippen molar-refractivity contribution in [2.45, 2.75) is 58.0 Å². The normalized spacial score (nSPS) is 12.3. The number of carbonyl (C=O) groups is 2. The quantitative estimate of drug-likeness (QED) is 0.409. The number of rotatable bonds is 9. The minimum absolute atomic E-state index is 0.129. The van der Waals surface area contributed by atoms with Gasteiger partial charge in [-0.15, -0.1) is 11.8 Å². The zero-order valence-electron chi connectivity index (χ0n) is 18.8. The lowest BCUT2D eigenvalue weighted by atomic mass is 10.1. The first kappa shape index (κ1) is 26.8. The standard InChI is InChI=1S/C24H29Cl3N2O2S/c1-5-21(23(31)28-24(2,3)4)29(13-16-8-6-7-9-19(16)26)22(30)15-32-14-17-10-11-18(25)12-20(17)27/h6-12,21H,5,13-15H2,1-4H3,(H,28,31)/t21-/m1/s1. The monoisotopic (exact) mass is 514 g/mol. The van der Waals surface area contributed by atoms with Crippen LogP contribution in [0.5, 0.6) is 0 Å². The third kappa shape index (κ3) is 8.18. The maximum absolute atomic E-state index is 13.3. The summed E-state index contributed by atoms with van der Waals surface area (Å²) in [5.41, 5.74) is 1.31. The predicted octanol–water partition coefficient (Wildman–Crippen LogP) is 6.60. The predicted molar refractivity (Wildman–Crippen MR) is 137 cm³/mol. The number of nitrogens with zero attached hydrogens (tertiary/aromatic N) is 1. The molecule has 1 atom stereocenters. The summed E-state index contributed by atoms with van der Waals surface area (Å²) in [7, 11) is 0. The van der Waals surface area contributed by atoms with Crippen LogP contribution in [-0.2, 0) is 21.9 Å². The Kier molecular flexibility index (Phi) is 10.2. The molecule has 0 aliphatic rings. The molecule has 2 aromatic rings. The van der Waals surface area contributed by atoms with E-state index in [4.69, 9.17) is 34.8 Å². The molecule has 0 saturated heterocycles. The van der Waals surface area contributed by atoms with Crippen LogP contribution in [0.2, 0.25) is 15.1 Å². The highest BCUT2D eigenvalue weighted by atomic mass is 35.5. The van der Waals surface area contributed by atoms with Gasteiger partial charge in [-0.3, -0.25) is 9.59 Å². The van der Waals surface area contributed by atoms with Gasteiger partial charge in [0.1, 0.15) is 6.04 Å². The van der Waals surface area contributed by atoms with Crippen molar-refractivity contribution in [1.82, 2.24) is 10.2 Å². The molecule has 4 nitrogen and oxygen atoms in total. The van der Waals surface area contributed by atoms with Crippen LogP contribution < -0.4 is 5.32 Å². The van der Waals surface area contributed by atoms with Crippen LogP contribution >= 0.6 is 46.6 Å². The molecule has 0 unspecified atom stereocenters. The summed E-state index contributed by atoms with van der Waals surface area (Å²) in [6, 6.07) is 12.1. The Morgan fingerprint density at radius 1 is 1.03 bits per heavy atom. The third-order valence-corrected chi connectivity index (χ3v) is 6.60. The molecule has 0 heterocycles. The molecule has 0 fully saturated rings. The van der Waals surface area contributed by atoms with Crippen LogP contribution in [0.15, 0.2) is 42.5 Å². The smallest absolute Gasteiger partial charge is 0.243 e. The number of nitrogens with one attached hydrogen (secondary N) is 1. The first-order valence-corrected chi connectivity index (χ1v) is 12.7. The molecule has 0 aliphatic carbocycles. The van der Waals surface area contributed by atoms with Crippen molar-refractivity contribution in [3.63, 3.8) is 0 Å². The molecule has 0 aliphatic heterocycles. The van der Waals surface area contributed by atoms with Crippen LogP contribution in [0.1, 0.15) is 45.2 Å². The maximum Gasteiger partial charge on any atom is 0.243 e. The fourth-order valence-electron chi connectivity index (χ4n) is 3.15. The molecule has 0 bridgehead atoms. The Bertz CT molecular complexity index is 947. The molecule has 0 aromatic heterocycles. The number of hydrogen-bond acceptors (Lipinski definition) is 3. The van der Waals surface area contributed by atoms with E-state index >= 15 is 0 Å². The van der Waals surface area contributed by atoms with Crippen molar-refractivity contribution < 1.29 is 9.59 Å². The van der Waals surface area contributed by atoms with Gasteiger partial charge in [-0.25, -0.2) is 0 Å². The van der Waals surface area contributed by atoms with E-state index in [2.05, 4.69) is 5.32 Å². The summed E-state index contributed by atoms with van der Waals surface area (Å²) in [6.45, 7) is 7.92. The van der Waals surface area contributed by atoms with Crippen LogP contribution in [0.25, 0.3) is 0 Å². The lowest BCUT2D eigenvalue weighted by Gasteiger charge is -2.33.